The number of benzene rings is 1. The van der Waals surface area contributed by atoms with Crippen LogP contribution < -0.4 is 4.74 Å². The van der Waals surface area contributed by atoms with E-state index in [-0.39, 0.29) is 16.9 Å². The van der Waals surface area contributed by atoms with E-state index in [0.29, 0.717) is 17.9 Å². The number of methoxy groups -OCH3 is 1. The Balaban J connectivity index is 2.73. The van der Waals surface area contributed by atoms with Crippen molar-refractivity contribution < 1.29 is 13.9 Å². The molecule has 0 bridgehead atoms. The number of carbonyl (C=O) groups excluding carboxylic acids is 1. The molecular formula is C16H23FO2. The molecule has 0 amide bonds. The maximum atomic E-state index is 13.3. The highest BCUT2D eigenvalue weighted by Gasteiger charge is 2.19. The molecule has 0 aliphatic carbocycles. The van der Waals surface area contributed by atoms with Gasteiger partial charge in [0.15, 0.2) is 17.3 Å². The smallest absolute Gasteiger partial charge is 0.165 e. The van der Waals surface area contributed by atoms with Gasteiger partial charge in [0.2, 0.25) is 0 Å². The molecule has 0 radical (unpaired) electrons. The lowest BCUT2D eigenvalue weighted by molar-refractivity contribution is 0.0954. The van der Waals surface area contributed by atoms with Gasteiger partial charge in [-0.25, -0.2) is 4.39 Å². The van der Waals surface area contributed by atoms with Crippen molar-refractivity contribution in [1.29, 1.82) is 0 Å². The summed E-state index contributed by atoms with van der Waals surface area (Å²) in [7, 11) is 1.40. The summed E-state index contributed by atoms with van der Waals surface area (Å²) in [6, 6.07) is 4.27. The van der Waals surface area contributed by atoms with Gasteiger partial charge in [-0.3, -0.25) is 4.79 Å². The average molecular weight is 266 g/mol. The van der Waals surface area contributed by atoms with Crippen molar-refractivity contribution >= 4 is 5.78 Å². The van der Waals surface area contributed by atoms with Crippen molar-refractivity contribution in [2.75, 3.05) is 7.11 Å². The third kappa shape index (κ3) is 5.01. The number of hydrogen-bond acceptors (Lipinski definition) is 2. The first-order chi connectivity index (χ1) is 8.73. The van der Waals surface area contributed by atoms with Crippen LogP contribution in [0, 0.1) is 17.2 Å². The van der Waals surface area contributed by atoms with Crippen molar-refractivity contribution in [2.24, 2.45) is 11.3 Å². The summed E-state index contributed by atoms with van der Waals surface area (Å²) in [4.78, 5) is 12.1. The van der Waals surface area contributed by atoms with Crippen LogP contribution in [0.1, 0.15) is 50.9 Å². The second-order valence-electron chi connectivity index (χ2n) is 6.35. The fourth-order valence-corrected chi connectivity index (χ4v) is 2.39. The number of carbonyl (C=O) groups is 1. The van der Waals surface area contributed by atoms with E-state index in [1.165, 1.54) is 25.3 Å². The molecule has 1 aromatic rings. The van der Waals surface area contributed by atoms with Gasteiger partial charge < -0.3 is 4.74 Å². The maximum absolute atomic E-state index is 13.3. The summed E-state index contributed by atoms with van der Waals surface area (Å²) in [5.74, 6) is 0.0229. The van der Waals surface area contributed by atoms with Crippen LogP contribution in [0.15, 0.2) is 18.2 Å². The van der Waals surface area contributed by atoms with Gasteiger partial charge in [-0.2, -0.15) is 0 Å². The highest BCUT2D eigenvalue weighted by molar-refractivity contribution is 5.96. The van der Waals surface area contributed by atoms with Crippen LogP contribution in [0.2, 0.25) is 0 Å². The van der Waals surface area contributed by atoms with Crippen LogP contribution in [-0.4, -0.2) is 12.9 Å². The first kappa shape index (κ1) is 15.7. The van der Waals surface area contributed by atoms with Gasteiger partial charge >= 0.3 is 0 Å². The summed E-state index contributed by atoms with van der Waals surface area (Å²) in [6.07, 6.45) is 1.46. The van der Waals surface area contributed by atoms with Crippen molar-refractivity contribution in [3.05, 3.63) is 29.6 Å². The van der Waals surface area contributed by atoms with Crippen LogP contribution >= 0.6 is 0 Å². The summed E-state index contributed by atoms with van der Waals surface area (Å²) in [5.41, 5.74) is 0.721. The molecule has 0 aliphatic rings. The molecule has 2 nitrogen and oxygen atoms in total. The second-order valence-corrected chi connectivity index (χ2v) is 6.35. The third-order valence-electron chi connectivity index (χ3n) is 2.97. The lowest BCUT2D eigenvalue weighted by Crippen LogP contribution is -2.14. The predicted molar refractivity (Wildman–Crippen MR) is 75.1 cm³/mol. The number of Topliss-reactive ketones (excluding diaryl/α,β-unsaturated/α-hetero) is 1. The van der Waals surface area contributed by atoms with E-state index in [4.69, 9.17) is 4.74 Å². The number of hydrogen-bond donors (Lipinski definition) is 0. The van der Waals surface area contributed by atoms with Crippen LogP contribution in [0.4, 0.5) is 4.39 Å². The normalized spacial score (nSPS) is 13.2. The minimum absolute atomic E-state index is 0.0371. The molecule has 0 fully saturated rings. The van der Waals surface area contributed by atoms with Gasteiger partial charge in [-0.05, 0) is 36.0 Å². The SMILES string of the molecule is COc1cc(C(=O)CC(C)CC(C)(C)C)ccc1F. The van der Waals surface area contributed by atoms with Crippen LogP contribution in [0.25, 0.3) is 0 Å². The Morgan fingerprint density at radius 2 is 2.00 bits per heavy atom. The van der Waals surface area contributed by atoms with Crippen LogP contribution in [0.3, 0.4) is 0 Å². The maximum Gasteiger partial charge on any atom is 0.165 e. The summed E-state index contributed by atoms with van der Waals surface area (Å²) < 4.78 is 18.2. The lowest BCUT2D eigenvalue weighted by atomic mass is 9.83. The van der Waals surface area contributed by atoms with E-state index in [2.05, 4.69) is 27.7 Å². The summed E-state index contributed by atoms with van der Waals surface area (Å²) >= 11 is 0. The predicted octanol–water partition coefficient (Wildman–Crippen LogP) is 4.48. The number of halogens is 1. The van der Waals surface area contributed by atoms with Gasteiger partial charge in [0, 0.05) is 12.0 Å². The summed E-state index contributed by atoms with van der Waals surface area (Å²) in [6.45, 7) is 8.56. The molecule has 1 rings (SSSR count). The molecule has 0 spiro atoms. The number of ketones is 1. The van der Waals surface area contributed by atoms with Crippen molar-refractivity contribution in [3.63, 3.8) is 0 Å². The zero-order valence-electron chi connectivity index (χ0n) is 12.4. The number of ether oxygens (including phenoxy) is 1. The Morgan fingerprint density at radius 1 is 1.37 bits per heavy atom. The highest BCUT2D eigenvalue weighted by atomic mass is 19.1. The van der Waals surface area contributed by atoms with Crippen molar-refractivity contribution in [2.45, 2.75) is 40.5 Å². The van der Waals surface area contributed by atoms with Crippen molar-refractivity contribution in [3.8, 4) is 5.75 Å². The quantitative estimate of drug-likeness (QED) is 0.734. The fourth-order valence-electron chi connectivity index (χ4n) is 2.39. The Morgan fingerprint density at radius 3 is 2.53 bits per heavy atom. The molecule has 1 aromatic carbocycles. The molecule has 0 aromatic heterocycles. The lowest BCUT2D eigenvalue weighted by Gasteiger charge is -2.22. The molecule has 3 heteroatoms. The first-order valence-electron chi connectivity index (χ1n) is 6.59. The van der Waals surface area contributed by atoms with Crippen LogP contribution in [-0.2, 0) is 0 Å². The zero-order valence-corrected chi connectivity index (χ0v) is 12.4. The van der Waals surface area contributed by atoms with Gasteiger partial charge in [0.25, 0.3) is 0 Å². The Kier molecular flexibility index (Phi) is 5.10. The molecule has 1 unspecified atom stereocenters. The Labute approximate surface area is 115 Å². The third-order valence-corrected chi connectivity index (χ3v) is 2.97. The number of rotatable bonds is 5. The minimum atomic E-state index is -0.443. The van der Waals surface area contributed by atoms with Gasteiger partial charge in [0.05, 0.1) is 7.11 Å². The average Bonchev–Trinajstić information content (AvgIpc) is 2.26. The van der Waals surface area contributed by atoms with Gasteiger partial charge in [0.1, 0.15) is 0 Å². The molecule has 0 heterocycles. The largest absolute Gasteiger partial charge is 0.494 e. The van der Waals surface area contributed by atoms with E-state index < -0.39 is 5.82 Å². The van der Waals surface area contributed by atoms with Gasteiger partial charge in [-0.1, -0.05) is 27.7 Å². The van der Waals surface area contributed by atoms with E-state index in [0.717, 1.165) is 6.42 Å². The van der Waals surface area contributed by atoms with Crippen LogP contribution in [0.5, 0.6) is 5.75 Å². The highest BCUT2D eigenvalue weighted by Crippen LogP contribution is 2.27. The molecule has 0 saturated heterocycles. The molecular weight excluding hydrogens is 243 g/mol. The minimum Gasteiger partial charge on any atom is -0.494 e. The van der Waals surface area contributed by atoms with E-state index in [1.807, 2.05) is 0 Å². The van der Waals surface area contributed by atoms with E-state index in [9.17, 15) is 9.18 Å². The topological polar surface area (TPSA) is 26.3 Å². The Bertz CT molecular complexity index is 447. The van der Waals surface area contributed by atoms with Gasteiger partial charge in [-0.15, -0.1) is 0 Å². The molecule has 0 saturated carbocycles. The zero-order chi connectivity index (χ0) is 14.6. The second kappa shape index (κ2) is 6.18. The van der Waals surface area contributed by atoms with Crippen molar-refractivity contribution in [1.82, 2.24) is 0 Å². The fraction of sp³-hybridized carbons (Fsp3) is 0.562. The first-order valence-corrected chi connectivity index (χ1v) is 6.59. The Hall–Kier alpha value is -1.38. The summed E-state index contributed by atoms with van der Waals surface area (Å²) in [5, 5.41) is 0. The molecule has 19 heavy (non-hydrogen) atoms. The molecule has 106 valence electrons. The van der Waals surface area contributed by atoms with E-state index in [1.54, 1.807) is 0 Å². The monoisotopic (exact) mass is 266 g/mol. The molecule has 0 aliphatic heterocycles. The standard InChI is InChI=1S/C16H23FO2/c1-11(10-16(2,3)4)8-14(18)12-6-7-13(17)15(9-12)19-5/h6-7,9,11H,8,10H2,1-5H3. The molecule has 1 atom stereocenters. The molecule has 0 N–H and O–H groups in total. The van der Waals surface area contributed by atoms with E-state index >= 15 is 0 Å².